The second kappa shape index (κ2) is 6.64. The number of hydrogen-bond donors (Lipinski definition) is 1. The first kappa shape index (κ1) is 18.5. The van der Waals surface area contributed by atoms with Crippen LogP contribution < -0.4 is 4.72 Å². The molecule has 0 fully saturated rings. The van der Waals surface area contributed by atoms with Crippen molar-refractivity contribution in [3.63, 3.8) is 0 Å². The van der Waals surface area contributed by atoms with Gasteiger partial charge in [0, 0.05) is 29.0 Å². The van der Waals surface area contributed by atoms with Crippen molar-refractivity contribution >= 4 is 32.0 Å². The number of imidazole rings is 1. The molecular weight excluding hydrogens is 411 g/mol. The van der Waals surface area contributed by atoms with E-state index in [0.29, 0.717) is 5.69 Å². The lowest BCUT2D eigenvalue weighted by Crippen LogP contribution is -2.18. The monoisotopic (exact) mass is 423 g/mol. The molecule has 0 bridgehead atoms. The first-order valence-corrected chi connectivity index (χ1v) is 10.3. The van der Waals surface area contributed by atoms with Crippen LogP contribution in [0, 0.1) is 0 Å². The molecule has 0 aliphatic heterocycles. The minimum atomic E-state index is -4.77. The molecule has 0 aliphatic rings. The van der Waals surface area contributed by atoms with Crippen LogP contribution in [0.25, 0.3) is 16.2 Å². The Morgan fingerprint density at radius 2 is 1.75 bits per heavy atom. The Labute approximate surface area is 162 Å². The van der Waals surface area contributed by atoms with Gasteiger partial charge in [-0.15, -0.1) is 11.3 Å². The third-order valence-corrected chi connectivity index (χ3v) is 6.22. The number of aromatic nitrogens is 2. The average molecular weight is 423 g/mol. The van der Waals surface area contributed by atoms with E-state index >= 15 is 0 Å². The van der Waals surface area contributed by atoms with Gasteiger partial charge in [0.25, 0.3) is 10.0 Å². The standard InChI is InChI=1S/C18H12F3N3O2S2/c19-18(20,21)14-3-1-2-4-16(14)28(25,26)23-13-7-5-12(6-8-13)15-11-24-9-10-27-17(24)22-15/h1-11,23H. The number of halogens is 3. The Hall–Kier alpha value is -2.85. The highest BCUT2D eigenvalue weighted by atomic mass is 32.2. The molecule has 0 atom stereocenters. The first-order valence-electron chi connectivity index (χ1n) is 7.96. The lowest BCUT2D eigenvalue weighted by atomic mass is 10.1. The molecule has 2 aromatic heterocycles. The summed E-state index contributed by atoms with van der Waals surface area (Å²) in [6.45, 7) is 0. The van der Waals surface area contributed by atoms with Crippen molar-refractivity contribution in [2.24, 2.45) is 0 Å². The van der Waals surface area contributed by atoms with Gasteiger partial charge in [-0.3, -0.25) is 9.12 Å². The van der Waals surface area contributed by atoms with E-state index in [-0.39, 0.29) is 5.69 Å². The van der Waals surface area contributed by atoms with Gasteiger partial charge in [0.15, 0.2) is 4.96 Å². The van der Waals surface area contributed by atoms with Crippen molar-refractivity contribution in [2.45, 2.75) is 11.1 Å². The Bertz CT molecular complexity index is 1210. The summed E-state index contributed by atoms with van der Waals surface area (Å²) in [4.78, 5) is 4.46. The van der Waals surface area contributed by atoms with Crippen LogP contribution in [0.15, 0.2) is 71.2 Å². The minimum absolute atomic E-state index is 0.154. The SMILES string of the molecule is O=S(=O)(Nc1ccc(-c2cn3ccsc3n2)cc1)c1ccccc1C(F)(F)F. The van der Waals surface area contributed by atoms with E-state index in [2.05, 4.69) is 9.71 Å². The molecule has 1 N–H and O–H groups in total. The molecule has 0 saturated heterocycles. The molecule has 0 spiro atoms. The summed E-state index contributed by atoms with van der Waals surface area (Å²) in [5.74, 6) is 0. The molecule has 10 heteroatoms. The summed E-state index contributed by atoms with van der Waals surface area (Å²) >= 11 is 1.48. The third kappa shape index (κ3) is 3.48. The number of thiazole rings is 1. The van der Waals surface area contributed by atoms with Crippen LogP contribution in [0.2, 0.25) is 0 Å². The molecule has 0 radical (unpaired) electrons. The fourth-order valence-corrected chi connectivity index (χ4v) is 4.71. The predicted octanol–water partition coefficient (Wildman–Crippen LogP) is 4.88. The summed E-state index contributed by atoms with van der Waals surface area (Å²) < 4.78 is 68.4. The number of anilines is 1. The summed E-state index contributed by atoms with van der Waals surface area (Å²) in [7, 11) is -4.40. The largest absolute Gasteiger partial charge is 0.417 e. The topological polar surface area (TPSA) is 63.5 Å². The Balaban J connectivity index is 1.61. The second-order valence-electron chi connectivity index (χ2n) is 5.90. The molecule has 2 aromatic carbocycles. The van der Waals surface area contributed by atoms with Crippen molar-refractivity contribution in [1.82, 2.24) is 9.38 Å². The van der Waals surface area contributed by atoms with Crippen molar-refractivity contribution < 1.29 is 21.6 Å². The summed E-state index contributed by atoms with van der Waals surface area (Å²) in [6.07, 6.45) is -1.06. The minimum Gasteiger partial charge on any atom is -0.297 e. The van der Waals surface area contributed by atoms with Gasteiger partial charge >= 0.3 is 6.18 Å². The summed E-state index contributed by atoms with van der Waals surface area (Å²) in [5.41, 5.74) is 0.414. The van der Waals surface area contributed by atoms with Crippen LogP contribution in [-0.2, 0) is 16.2 Å². The van der Waals surface area contributed by atoms with E-state index < -0.39 is 26.7 Å². The molecule has 0 amide bonds. The highest BCUT2D eigenvalue weighted by Gasteiger charge is 2.36. The molecule has 144 valence electrons. The number of benzene rings is 2. The van der Waals surface area contributed by atoms with Gasteiger partial charge in [0.1, 0.15) is 0 Å². The summed E-state index contributed by atoms with van der Waals surface area (Å²) in [6, 6.07) is 10.3. The van der Waals surface area contributed by atoms with E-state index in [1.807, 2.05) is 22.2 Å². The van der Waals surface area contributed by atoms with Gasteiger partial charge in [0.2, 0.25) is 0 Å². The third-order valence-electron chi connectivity index (χ3n) is 4.01. The van der Waals surface area contributed by atoms with Crippen LogP contribution in [0.1, 0.15) is 5.56 Å². The number of fused-ring (bicyclic) bond motifs is 1. The van der Waals surface area contributed by atoms with Crippen LogP contribution >= 0.6 is 11.3 Å². The molecule has 0 unspecified atom stereocenters. The van der Waals surface area contributed by atoms with Crippen molar-refractivity contribution in [2.75, 3.05) is 4.72 Å². The Kier molecular flexibility index (Phi) is 4.39. The number of nitrogens with zero attached hydrogens (tertiary/aromatic N) is 2. The number of rotatable bonds is 4. The molecule has 4 aromatic rings. The van der Waals surface area contributed by atoms with Crippen LogP contribution in [0.3, 0.4) is 0 Å². The molecule has 0 saturated carbocycles. The van der Waals surface area contributed by atoms with Crippen LogP contribution in [0.4, 0.5) is 18.9 Å². The Morgan fingerprint density at radius 3 is 2.43 bits per heavy atom. The van der Waals surface area contributed by atoms with Gasteiger partial charge in [-0.05, 0) is 24.3 Å². The highest BCUT2D eigenvalue weighted by Crippen LogP contribution is 2.34. The maximum atomic E-state index is 13.1. The predicted molar refractivity (Wildman–Crippen MR) is 101 cm³/mol. The van der Waals surface area contributed by atoms with Gasteiger partial charge in [-0.1, -0.05) is 24.3 Å². The number of nitrogens with one attached hydrogen (secondary N) is 1. The maximum Gasteiger partial charge on any atom is 0.417 e. The number of sulfonamides is 1. The smallest absolute Gasteiger partial charge is 0.297 e. The van der Waals surface area contributed by atoms with E-state index in [1.165, 1.54) is 29.5 Å². The highest BCUT2D eigenvalue weighted by molar-refractivity contribution is 7.92. The maximum absolute atomic E-state index is 13.1. The molecule has 0 aliphatic carbocycles. The molecular formula is C18H12F3N3O2S2. The van der Waals surface area contributed by atoms with Crippen molar-refractivity contribution in [3.8, 4) is 11.3 Å². The lowest BCUT2D eigenvalue weighted by molar-refractivity contribution is -0.139. The van der Waals surface area contributed by atoms with Crippen molar-refractivity contribution in [3.05, 3.63) is 71.9 Å². The fourth-order valence-electron chi connectivity index (χ4n) is 2.72. The fraction of sp³-hybridized carbons (Fsp3) is 0.0556. The normalized spacial score (nSPS) is 12.4. The zero-order chi connectivity index (χ0) is 19.9. The number of hydrogen-bond acceptors (Lipinski definition) is 4. The van der Waals surface area contributed by atoms with E-state index in [4.69, 9.17) is 0 Å². The Morgan fingerprint density at radius 1 is 1.04 bits per heavy atom. The molecule has 2 heterocycles. The quantitative estimate of drug-likeness (QED) is 0.509. The first-order chi connectivity index (χ1) is 13.2. The average Bonchev–Trinajstić information content (AvgIpc) is 3.23. The second-order valence-corrected chi connectivity index (χ2v) is 8.42. The van der Waals surface area contributed by atoms with Crippen LogP contribution in [-0.4, -0.2) is 17.8 Å². The molecule has 5 nitrogen and oxygen atoms in total. The van der Waals surface area contributed by atoms with Gasteiger partial charge in [-0.2, -0.15) is 13.2 Å². The van der Waals surface area contributed by atoms with Gasteiger partial charge < -0.3 is 0 Å². The summed E-state index contributed by atoms with van der Waals surface area (Å²) in [5, 5.41) is 1.91. The molecule has 4 rings (SSSR count). The zero-order valence-corrected chi connectivity index (χ0v) is 15.6. The van der Waals surface area contributed by atoms with Gasteiger partial charge in [0.05, 0.1) is 16.2 Å². The van der Waals surface area contributed by atoms with E-state index in [9.17, 15) is 21.6 Å². The zero-order valence-electron chi connectivity index (χ0n) is 14.0. The van der Waals surface area contributed by atoms with Crippen LogP contribution in [0.5, 0.6) is 0 Å². The van der Waals surface area contributed by atoms with E-state index in [0.717, 1.165) is 28.7 Å². The van der Waals surface area contributed by atoms with E-state index in [1.54, 1.807) is 12.1 Å². The molecule has 28 heavy (non-hydrogen) atoms. The lowest BCUT2D eigenvalue weighted by Gasteiger charge is -2.14. The van der Waals surface area contributed by atoms with Gasteiger partial charge in [-0.25, -0.2) is 13.4 Å². The number of alkyl halides is 3. The van der Waals surface area contributed by atoms with Crippen molar-refractivity contribution in [1.29, 1.82) is 0 Å².